The Hall–Kier alpha value is -0.160. The first-order valence-corrected chi connectivity index (χ1v) is 2.88. The van der Waals surface area contributed by atoms with E-state index in [-0.39, 0.29) is 0 Å². The standard InChI is InChI=1S/C2H4FO3S/c1-2(3)7(4,5)6/h2H,1H2,(H,4,5,6). The van der Waals surface area contributed by atoms with E-state index in [0.29, 0.717) is 0 Å². The third kappa shape index (κ3) is 2.52. The molecule has 0 aliphatic carbocycles. The molecule has 0 bridgehead atoms. The summed E-state index contributed by atoms with van der Waals surface area (Å²) in [5.74, 6) is 0. The van der Waals surface area contributed by atoms with E-state index in [9.17, 15) is 12.8 Å². The van der Waals surface area contributed by atoms with Crippen molar-refractivity contribution in [2.24, 2.45) is 0 Å². The molecule has 1 unspecified atom stereocenters. The number of alkyl halides is 1. The SMILES string of the molecule is [CH2]C(F)S(=O)(=O)O. The minimum absolute atomic E-state index is 2.41. The van der Waals surface area contributed by atoms with Gasteiger partial charge in [-0.05, 0) is 6.92 Å². The van der Waals surface area contributed by atoms with Crippen LogP contribution in [0.3, 0.4) is 0 Å². The summed E-state index contributed by atoms with van der Waals surface area (Å²) in [6, 6.07) is 0. The van der Waals surface area contributed by atoms with Crippen molar-refractivity contribution in [3.8, 4) is 0 Å². The highest BCUT2D eigenvalue weighted by Crippen LogP contribution is 1.94. The molecule has 0 saturated carbocycles. The molecule has 5 heteroatoms. The van der Waals surface area contributed by atoms with E-state index in [2.05, 4.69) is 6.92 Å². The van der Waals surface area contributed by atoms with E-state index in [1.165, 1.54) is 0 Å². The maximum atomic E-state index is 11.3. The van der Waals surface area contributed by atoms with Crippen LogP contribution in [0.2, 0.25) is 0 Å². The maximum absolute atomic E-state index is 11.3. The molecule has 1 atom stereocenters. The number of rotatable bonds is 1. The molecule has 1 radical (unpaired) electrons. The first-order chi connectivity index (χ1) is 2.94. The Bertz CT molecular complexity index is 135. The van der Waals surface area contributed by atoms with Crippen molar-refractivity contribution in [3.63, 3.8) is 0 Å². The van der Waals surface area contributed by atoms with E-state index in [1.807, 2.05) is 0 Å². The minimum Gasteiger partial charge on any atom is -0.283 e. The molecule has 0 amide bonds. The summed E-state index contributed by atoms with van der Waals surface area (Å²) in [6.07, 6.45) is 0. The Labute approximate surface area is 40.9 Å². The quantitative estimate of drug-likeness (QED) is 0.504. The molecule has 0 rings (SSSR count). The van der Waals surface area contributed by atoms with Crippen molar-refractivity contribution >= 4 is 10.1 Å². The topological polar surface area (TPSA) is 54.4 Å². The largest absolute Gasteiger partial charge is 0.297 e. The third-order valence-electron chi connectivity index (χ3n) is 0.323. The average molecular weight is 127 g/mol. The lowest BCUT2D eigenvalue weighted by Gasteiger charge is -1.90. The van der Waals surface area contributed by atoms with E-state index in [4.69, 9.17) is 4.55 Å². The van der Waals surface area contributed by atoms with Crippen molar-refractivity contribution in [2.75, 3.05) is 0 Å². The average Bonchev–Trinajstić information content (AvgIpc) is 1.31. The molecule has 1 N–H and O–H groups in total. The monoisotopic (exact) mass is 127 g/mol. The van der Waals surface area contributed by atoms with Crippen LogP contribution < -0.4 is 0 Å². The zero-order valence-corrected chi connectivity index (χ0v) is 4.15. The number of hydrogen-bond donors (Lipinski definition) is 1. The summed E-state index contributed by atoms with van der Waals surface area (Å²) >= 11 is 0. The lowest BCUT2D eigenvalue weighted by molar-refractivity contribution is 0.409. The molecule has 0 aliphatic heterocycles. The van der Waals surface area contributed by atoms with Gasteiger partial charge in [0, 0.05) is 0 Å². The van der Waals surface area contributed by atoms with Crippen molar-refractivity contribution < 1.29 is 17.4 Å². The van der Waals surface area contributed by atoms with Gasteiger partial charge < -0.3 is 0 Å². The molecular weight excluding hydrogens is 123 g/mol. The molecule has 0 aromatic carbocycles. The van der Waals surface area contributed by atoms with Crippen molar-refractivity contribution in [3.05, 3.63) is 6.92 Å². The van der Waals surface area contributed by atoms with Crippen LogP contribution in [0.1, 0.15) is 0 Å². The summed E-state index contributed by atoms with van der Waals surface area (Å²) in [5.41, 5.74) is -2.42. The van der Waals surface area contributed by atoms with Crippen LogP contribution in [0.25, 0.3) is 0 Å². The van der Waals surface area contributed by atoms with Gasteiger partial charge >= 0.3 is 0 Å². The normalized spacial score (nSPS) is 16.4. The van der Waals surface area contributed by atoms with Gasteiger partial charge in [0.15, 0.2) is 0 Å². The fourth-order valence-corrected chi connectivity index (χ4v) is 0. The van der Waals surface area contributed by atoms with E-state index < -0.39 is 15.6 Å². The summed E-state index contributed by atoms with van der Waals surface area (Å²) in [7, 11) is -4.52. The first kappa shape index (κ1) is 6.84. The highest BCUT2D eigenvalue weighted by Gasteiger charge is 2.13. The van der Waals surface area contributed by atoms with Crippen molar-refractivity contribution in [1.82, 2.24) is 0 Å². The van der Waals surface area contributed by atoms with Crippen LogP contribution in [0.5, 0.6) is 0 Å². The van der Waals surface area contributed by atoms with Gasteiger partial charge in [-0.3, -0.25) is 4.55 Å². The summed E-state index contributed by atoms with van der Waals surface area (Å²) in [5, 5.41) is 0. The Morgan fingerprint density at radius 3 is 1.86 bits per heavy atom. The van der Waals surface area contributed by atoms with Crippen LogP contribution in [0, 0.1) is 6.92 Å². The second-order valence-corrected chi connectivity index (χ2v) is 2.47. The Kier molecular flexibility index (Phi) is 1.71. The van der Waals surface area contributed by atoms with Crippen molar-refractivity contribution in [2.45, 2.75) is 5.50 Å². The zero-order chi connectivity index (χ0) is 6.08. The summed E-state index contributed by atoms with van der Waals surface area (Å²) in [6.45, 7) is 2.41. The predicted molar refractivity (Wildman–Crippen MR) is 21.8 cm³/mol. The maximum Gasteiger partial charge on any atom is 0.297 e. The van der Waals surface area contributed by atoms with Gasteiger partial charge in [-0.25, -0.2) is 4.39 Å². The van der Waals surface area contributed by atoms with Gasteiger partial charge in [0.05, 0.1) is 0 Å². The zero-order valence-electron chi connectivity index (χ0n) is 3.33. The second-order valence-electron chi connectivity index (χ2n) is 0.925. The fraction of sp³-hybridized carbons (Fsp3) is 0.500. The minimum atomic E-state index is -4.52. The summed E-state index contributed by atoms with van der Waals surface area (Å²) < 4.78 is 37.8. The van der Waals surface area contributed by atoms with Gasteiger partial charge in [0.25, 0.3) is 10.1 Å². The lowest BCUT2D eigenvalue weighted by Crippen LogP contribution is -2.09. The smallest absolute Gasteiger partial charge is 0.283 e. The highest BCUT2D eigenvalue weighted by molar-refractivity contribution is 7.86. The van der Waals surface area contributed by atoms with Crippen LogP contribution in [-0.4, -0.2) is 18.5 Å². The molecule has 43 valence electrons. The van der Waals surface area contributed by atoms with Gasteiger partial charge in [-0.15, -0.1) is 0 Å². The summed E-state index contributed by atoms with van der Waals surface area (Å²) in [4.78, 5) is 0. The van der Waals surface area contributed by atoms with Gasteiger partial charge in [-0.1, -0.05) is 0 Å². The van der Waals surface area contributed by atoms with E-state index in [0.717, 1.165) is 0 Å². The Morgan fingerprint density at radius 1 is 1.71 bits per heavy atom. The third-order valence-corrected chi connectivity index (χ3v) is 0.970. The van der Waals surface area contributed by atoms with Gasteiger partial charge in [0.1, 0.15) is 0 Å². The van der Waals surface area contributed by atoms with Gasteiger partial charge in [0.2, 0.25) is 5.50 Å². The predicted octanol–water partition coefficient (Wildman–Crippen LogP) is 0.00389. The number of hydrogen-bond acceptors (Lipinski definition) is 2. The Balaban J connectivity index is 4.10. The van der Waals surface area contributed by atoms with Crippen molar-refractivity contribution in [1.29, 1.82) is 0 Å². The van der Waals surface area contributed by atoms with Gasteiger partial charge in [-0.2, -0.15) is 8.42 Å². The Morgan fingerprint density at radius 2 is 1.86 bits per heavy atom. The molecular formula is C2H4FO3S. The molecule has 0 aromatic heterocycles. The first-order valence-electron chi connectivity index (χ1n) is 1.38. The molecule has 3 nitrogen and oxygen atoms in total. The molecule has 0 fully saturated rings. The van der Waals surface area contributed by atoms with Crippen LogP contribution in [0.4, 0.5) is 4.39 Å². The lowest BCUT2D eigenvalue weighted by atomic mass is 10.9. The highest BCUT2D eigenvalue weighted by atomic mass is 32.2. The molecule has 7 heavy (non-hydrogen) atoms. The van der Waals surface area contributed by atoms with E-state index in [1.54, 1.807) is 0 Å². The second kappa shape index (κ2) is 1.75. The van der Waals surface area contributed by atoms with Crippen LogP contribution in [0.15, 0.2) is 0 Å². The molecule has 0 heterocycles. The van der Waals surface area contributed by atoms with Crippen LogP contribution in [-0.2, 0) is 10.1 Å². The molecule has 0 aromatic rings. The molecule has 0 aliphatic rings. The van der Waals surface area contributed by atoms with E-state index >= 15 is 0 Å². The molecule has 0 saturated heterocycles. The molecule has 0 spiro atoms. The number of halogens is 1. The fourth-order valence-electron chi connectivity index (χ4n) is 0. The van der Waals surface area contributed by atoms with Crippen LogP contribution >= 0.6 is 0 Å².